The van der Waals surface area contributed by atoms with Gasteiger partial charge in [0.05, 0.1) is 12.2 Å². The third kappa shape index (κ3) is 6.80. The lowest BCUT2D eigenvalue weighted by atomic mass is 9.86. The summed E-state index contributed by atoms with van der Waals surface area (Å²) < 4.78 is 5.82. The number of carbonyl (C=O) groups is 2. The molecule has 0 aromatic heterocycles. The van der Waals surface area contributed by atoms with Crippen LogP contribution in [0.2, 0.25) is 0 Å². The molecule has 2 unspecified atom stereocenters. The minimum absolute atomic E-state index is 0.0736. The van der Waals surface area contributed by atoms with Gasteiger partial charge in [0.25, 0.3) is 5.91 Å². The van der Waals surface area contributed by atoms with Gasteiger partial charge in [0.15, 0.2) is 0 Å². The topological polar surface area (TPSA) is 53.1 Å². The fourth-order valence-electron chi connectivity index (χ4n) is 5.73. The monoisotopic (exact) mass is 455 g/mol. The maximum absolute atomic E-state index is 13.0. The van der Waals surface area contributed by atoms with Gasteiger partial charge in [0, 0.05) is 57.8 Å². The third-order valence-electron chi connectivity index (χ3n) is 7.51. The average Bonchev–Trinajstić information content (AvgIpc) is 2.83. The molecule has 0 N–H and O–H groups in total. The number of amides is 2. The van der Waals surface area contributed by atoms with Crippen LogP contribution < -0.4 is 0 Å². The summed E-state index contributed by atoms with van der Waals surface area (Å²) in [5, 5.41) is 0. The number of piperazine rings is 1. The summed E-state index contributed by atoms with van der Waals surface area (Å²) in [6.07, 6.45) is 8.80. The zero-order valence-electron chi connectivity index (χ0n) is 20.5. The van der Waals surface area contributed by atoms with Crippen molar-refractivity contribution in [1.29, 1.82) is 0 Å². The molecule has 1 aromatic carbocycles. The van der Waals surface area contributed by atoms with Gasteiger partial charge < -0.3 is 14.5 Å². The van der Waals surface area contributed by atoms with Crippen molar-refractivity contribution in [3.63, 3.8) is 0 Å². The molecule has 6 heteroatoms. The number of rotatable bonds is 6. The Morgan fingerprint density at radius 3 is 2.12 bits per heavy atom. The zero-order valence-corrected chi connectivity index (χ0v) is 20.5. The summed E-state index contributed by atoms with van der Waals surface area (Å²) in [6.45, 7) is 9.56. The summed E-state index contributed by atoms with van der Waals surface area (Å²) in [4.78, 5) is 31.9. The van der Waals surface area contributed by atoms with Crippen molar-refractivity contribution in [2.45, 2.75) is 77.5 Å². The second-order valence-electron chi connectivity index (χ2n) is 10.4. The van der Waals surface area contributed by atoms with Gasteiger partial charge in [-0.3, -0.25) is 14.5 Å². The van der Waals surface area contributed by atoms with Gasteiger partial charge in [-0.05, 0) is 43.9 Å². The van der Waals surface area contributed by atoms with Gasteiger partial charge in [-0.2, -0.15) is 0 Å². The summed E-state index contributed by atoms with van der Waals surface area (Å²) in [7, 11) is 0. The molecule has 2 amide bonds. The summed E-state index contributed by atoms with van der Waals surface area (Å²) in [5.74, 6) is 1.08. The van der Waals surface area contributed by atoms with Crippen LogP contribution in [-0.2, 0) is 16.1 Å². The Kier molecular flexibility index (Phi) is 8.42. The van der Waals surface area contributed by atoms with Gasteiger partial charge in [-0.15, -0.1) is 0 Å². The SMILES string of the molecule is CC1CN(Cc2ccc(C(=O)N3CCN(C(=O)CCC4CCCCC4)CC3)cc2)CC(C)O1. The highest BCUT2D eigenvalue weighted by Crippen LogP contribution is 2.27. The first-order valence-electron chi connectivity index (χ1n) is 13.0. The Morgan fingerprint density at radius 2 is 1.48 bits per heavy atom. The number of hydrogen-bond acceptors (Lipinski definition) is 4. The molecule has 0 bridgehead atoms. The number of carbonyl (C=O) groups excluding carboxylic acids is 2. The number of ether oxygens (including phenoxy) is 1. The van der Waals surface area contributed by atoms with Gasteiger partial charge in [-0.25, -0.2) is 0 Å². The highest BCUT2D eigenvalue weighted by atomic mass is 16.5. The number of hydrogen-bond donors (Lipinski definition) is 0. The van der Waals surface area contributed by atoms with E-state index in [0.717, 1.165) is 37.5 Å². The molecule has 2 aliphatic heterocycles. The Hall–Kier alpha value is -1.92. The van der Waals surface area contributed by atoms with Crippen LogP contribution in [-0.4, -0.2) is 78.0 Å². The predicted octanol–water partition coefficient (Wildman–Crippen LogP) is 3.94. The molecule has 1 aliphatic carbocycles. The van der Waals surface area contributed by atoms with Crippen molar-refractivity contribution in [1.82, 2.24) is 14.7 Å². The van der Waals surface area contributed by atoms with Crippen molar-refractivity contribution in [2.24, 2.45) is 5.92 Å². The average molecular weight is 456 g/mol. The van der Waals surface area contributed by atoms with E-state index in [-0.39, 0.29) is 24.0 Å². The number of benzene rings is 1. The van der Waals surface area contributed by atoms with Crippen molar-refractivity contribution >= 4 is 11.8 Å². The molecule has 1 saturated carbocycles. The molecular formula is C27H41N3O3. The molecule has 182 valence electrons. The molecule has 3 fully saturated rings. The maximum Gasteiger partial charge on any atom is 0.253 e. The van der Waals surface area contributed by atoms with Gasteiger partial charge in [0.2, 0.25) is 5.91 Å². The van der Waals surface area contributed by atoms with E-state index in [4.69, 9.17) is 4.74 Å². The summed E-state index contributed by atoms with van der Waals surface area (Å²) in [6, 6.07) is 8.05. The highest BCUT2D eigenvalue weighted by Gasteiger charge is 2.26. The van der Waals surface area contributed by atoms with Crippen molar-refractivity contribution < 1.29 is 14.3 Å². The Bertz CT molecular complexity index is 772. The lowest BCUT2D eigenvalue weighted by Gasteiger charge is -2.35. The quantitative estimate of drug-likeness (QED) is 0.652. The largest absolute Gasteiger partial charge is 0.373 e. The van der Waals surface area contributed by atoms with Crippen molar-refractivity contribution in [3.05, 3.63) is 35.4 Å². The smallest absolute Gasteiger partial charge is 0.253 e. The Morgan fingerprint density at radius 1 is 0.879 bits per heavy atom. The van der Waals surface area contributed by atoms with Gasteiger partial charge >= 0.3 is 0 Å². The van der Waals surface area contributed by atoms with Crippen LogP contribution in [0, 0.1) is 5.92 Å². The van der Waals surface area contributed by atoms with Gasteiger partial charge in [0.1, 0.15) is 0 Å². The van der Waals surface area contributed by atoms with E-state index >= 15 is 0 Å². The first kappa shape index (κ1) is 24.2. The molecule has 4 rings (SSSR count). The van der Waals surface area contributed by atoms with E-state index in [2.05, 4.69) is 30.9 Å². The first-order chi connectivity index (χ1) is 16.0. The molecule has 6 nitrogen and oxygen atoms in total. The van der Waals surface area contributed by atoms with Crippen LogP contribution in [0.5, 0.6) is 0 Å². The van der Waals surface area contributed by atoms with E-state index in [1.165, 1.54) is 37.7 Å². The van der Waals surface area contributed by atoms with Crippen LogP contribution in [0.3, 0.4) is 0 Å². The van der Waals surface area contributed by atoms with E-state index in [9.17, 15) is 9.59 Å². The second-order valence-corrected chi connectivity index (χ2v) is 10.4. The van der Waals surface area contributed by atoms with Crippen LogP contribution in [0.1, 0.15) is 74.7 Å². The molecule has 0 spiro atoms. The van der Waals surface area contributed by atoms with Crippen LogP contribution in [0.25, 0.3) is 0 Å². The van der Waals surface area contributed by atoms with Crippen LogP contribution in [0.4, 0.5) is 0 Å². The predicted molar refractivity (Wildman–Crippen MR) is 130 cm³/mol. The van der Waals surface area contributed by atoms with E-state index in [1.807, 2.05) is 21.9 Å². The van der Waals surface area contributed by atoms with E-state index in [0.29, 0.717) is 32.6 Å². The van der Waals surface area contributed by atoms with Crippen molar-refractivity contribution in [2.75, 3.05) is 39.3 Å². The molecule has 2 heterocycles. The Balaban J connectivity index is 1.21. The minimum atomic E-state index is 0.0736. The molecule has 33 heavy (non-hydrogen) atoms. The minimum Gasteiger partial charge on any atom is -0.373 e. The summed E-state index contributed by atoms with van der Waals surface area (Å²) >= 11 is 0. The fourth-order valence-corrected chi connectivity index (χ4v) is 5.73. The summed E-state index contributed by atoms with van der Waals surface area (Å²) in [5.41, 5.74) is 1.96. The lowest BCUT2D eigenvalue weighted by Crippen LogP contribution is -2.50. The normalized spacial score (nSPS) is 25.3. The van der Waals surface area contributed by atoms with Gasteiger partial charge in [-0.1, -0.05) is 44.2 Å². The molecule has 1 aromatic rings. The first-order valence-corrected chi connectivity index (χ1v) is 13.0. The zero-order chi connectivity index (χ0) is 23.2. The van der Waals surface area contributed by atoms with Crippen LogP contribution in [0.15, 0.2) is 24.3 Å². The molecule has 3 aliphatic rings. The number of morpholine rings is 1. The van der Waals surface area contributed by atoms with Crippen molar-refractivity contribution in [3.8, 4) is 0 Å². The molecule has 2 atom stereocenters. The molecule has 2 saturated heterocycles. The lowest BCUT2D eigenvalue weighted by molar-refractivity contribution is -0.133. The van der Waals surface area contributed by atoms with Crippen LogP contribution >= 0.6 is 0 Å². The van der Waals surface area contributed by atoms with E-state index < -0.39 is 0 Å². The molecule has 0 radical (unpaired) electrons. The third-order valence-corrected chi connectivity index (χ3v) is 7.51. The van der Waals surface area contributed by atoms with E-state index in [1.54, 1.807) is 0 Å². The standard InChI is InChI=1S/C27H41N3O3/c1-21-18-28(19-22(2)33-21)20-24-8-11-25(12-9-24)27(32)30-16-14-29(15-17-30)26(31)13-10-23-6-4-3-5-7-23/h8-9,11-12,21-23H,3-7,10,13-20H2,1-2H3. The maximum atomic E-state index is 13.0. The molecular weight excluding hydrogens is 414 g/mol. The number of nitrogens with zero attached hydrogens (tertiary/aromatic N) is 3. The highest BCUT2D eigenvalue weighted by molar-refractivity contribution is 5.94. The Labute approximate surface area is 199 Å². The second kappa shape index (κ2) is 11.5. The fraction of sp³-hybridized carbons (Fsp3) is 0.704.